The van der Waals surface area contributed by atoms with Gasteiger partial charge in [0, 0.05) is 17.0 Å². The highest BCUT2D eigenvalue weighted by atomic mass is 32.2. The van der Waals surface area contributed by atoms with Crippen molar-refractivity contribution < 1.29 is 9.90 Å². The highest BCUT2D eigenvalue weighted by molar-refractivity contribution is 7.98. The summed E-state index contributed by atoms with van der Waals surface area (Å²) in [6.45, 7) is 0. The van der Waals surface area contributed by atoms with Gasteiger partial charge in [0.2, 0.25) is 0 Å². The van der Waals surface area contributed by atoms with Crippen LogP contribution in [-0.2, 0) is 11.2 Å². The maximum absolute atomic E-state index is 10.4. The molecule has 3 N–H and O–H groups in total. The van der Waals surface area contributed by atoms with E-state index in [1.54, 1.807) is 11.8 Å². The minimum Gasteiger partial charge on any atom is -0.481 e. The van der Waals surface area contributed by atoms with E-state index in [2.05, 4.69) is 0 Å². The summed E-state index contributed by atoms with van der Waals surface area (Å²) < 4.78 is 0. The van der Waals surface area contributed by atoms with Gasteiger partial charge < -0.3 is 10.8 Å². The molecule has 0 unspecified atom stereocenters. The lowest BCUT2D eigenvalue weighted by molar-refractivity contribution is -0.136. The molecule has 0 saturated heterocycles. The number of anilines is 1. The molecule has 1 aromatic carbocycles. The third-order valence-electron chi connectivity index (χ3n) is 1.98. The van der Waals surface area contributed by atoms with E-state index in [0.717, 1.165) is 10.5 Å². The molecule has 1 rings (SSSR count). The van der Waals surface area contributed by atoms with Crippen LogP contribution in [0.15, 0.2) is 23.1 Å². The van der Waals surface area contributed by atoms with Gasteiger partial charge in [-0.2, -0.15) is 0 Å². The van der Waals surface area contributed by atoms with Crippen LogP contribution in [0.2, 0.25) is 0 Å². The average molecular weight is 211 g/mol. The minimum atomic E-state index is -0.793. The first-order valence-electron chi connectivity index (χ1n) is 4.28. The third-order valence-corrected chi connectivity index (χ3v) is 2.78. The van der Waals surface area contributed by atoms with Crippen molar-refractivity contribution in [3.63, 3.8) is 0 Å². The lowest BCUT2D eigenvalue weighted by Gasteiger charge is -2.07. The van der Waals surface area contributed by atoms with E-state index >= 15 is 0 Å². The number of para-hydroxylation sites is 1. The number of aryl methyl sites for hydroxylation is 1. The molecule has 4 heteroatoms. The lowest BCUT2D eigenvalue weighted by atomic mass is 10.1. The fourth-order valence-corrected chi connectivity index (χ4v) is 1.79. The number of carboxylic acid groups (broad SMARTS) is 1. The summed E-state index contributed by atoms with van der Waals surface area (Å²) in [6.07, 6.45) is 2.57. The maximum atomic E-state index is 10.4. The standard InChI is InChI=1S/C10H13NO2S/c1-14-8-4-2-3-7(10(8)11)5-6-9(12)13/h2-4H,5-6,11H2,1H3,(H,12,13). The molecule has 0 amide bonds. The Morgan fingerprint density at radius 1 is 1.57 bits per heavy atom. The molecular formula is C10H13NO2S. The molecule has 0 bridgehead atoms. The molecule has 0 aliphatic carbocycles. The summed E-state index contributed by atoms with van der Waals surface area (Å²) in [5.41, 5.74) is 7.49. The Morgan fingerprint density at radius 3 is 2.86 bits per heavy atom. The minimum absolute atomic E-state index is 0.127. The first-order valence-corrected chi connectivity index (χ1v) is 5.50. The van der Waals surface area contributed by atoms with Gasteiger partial charge in [-0.25, -0.2) is 0 Å². The predicted octanol–water partition coefficient (Wildman–Crippen LogP) is 2.01. The summed E-state index contributed by atoms with van der Waals surface area (Å²) in [5.74, 6) is -0.793. The Labute approximate surface area is 87.3 Å². The van der Waals surface area contributed by atoms with Gasteiger partial charge in [-0.05, 0) is 24.3 Å². The average Bonchev–Trinajstić information content (AvgIpc) is 2.16. The molecule has 76 valence electrons. The number of hydrogen-bond acceptors (Lipinski definition) is 3. The fraction of sp³-hybridized carbons (Fsp3) is 0.300. The van der Waals surface area contributed by atoms with E-state index in [-0.39, 0.29) is 6.42 Å². The van der Waals surface area contributed by atoms with Gasteiger partial charge in [0.1, 0.15) is 0 Å². The van der Waals surface area contributed by atoms with Crippen molar-refractivity contribution in [3.8, 4) is 0 Å². The second kappa shape index (κ2) is 4.91. The molecule has 14 heavy (non-hydrogen) atoms. The molecule has 0 saturated carbocycles. The maximum Gasteiger partial charge on any atom is 0.303 e. The zero-order chi connectivity index (χ0) is 10.6. The zero-order valence-electron chi connectivity index (χ0n) is 7.99. The highest BCUT2D eigenvalue weighted by Gasteiger charge is 2.05. The summed E-state index contributed by atoms with van der Waals surface area (Å²) in [5, 5.41) is 8.55. The van der Waals surface area contributed by atoms with Crippen LogP contribution in [0.3, 0.4) is 0 Å². The van der Waals surface area contributed by atoms with E-state index in [1.807, 2.05) is 24.5 Å². The molecule has 0 heterocycles. The summed E-state index contributed by atoms with van der Waals surface area (Å²) in [6, 6.07) is 5.71. The molecule has 0 aliphatic rings. The molecule has 0 aliphatic heterocycles. The van der Waals surface area contributed by atoms with Crippen molar-refractivity contribution in [2.75, 3.05) is 12.0 Å². The molecule has 0 radical (unpaired) electrons. The number of hydrogen-bond donors (Lipinski definition) is 2. The van der Waals surface area contributed by atoms with Gasteiger partial charge >= 0.3 is 5.97 Å². The number of thioether (sulfide) groups is 1. The van der Waals surface area contributed by atoms with Gasteiger partial charge in [-0.15, -0.1) is 11.8 Å². The number of carboxylic acids is 1. The van der Waals surface area contributed by atoms with Crippen LogP contribution in [0.1, 0.15) is 12.0 Å². The summed E-state index contributed by atoms with van der Waals surface area (Å²) in [4.78, 5) is 11.4. The zero-order valence-corrected chi connectivity index (χ0v) is 8.80. The van der Waals surface area contributed by atoms with E-state index in [9.17, 15) is 4.79 Å². The number of carbonyl (C=O) groups is 1. The van der Waals surface area contributed by atoms with Gasteiger partial charge in [0.15, 0.2) is 0 Å². The summed E-state index contributed by atoms with van der Waals surface area (Å²) in [7, 11) is 0. The number of aliphatic carboxylic acids is 1. The van der Waals surface area contributed by atoms with E-state index in [0.29, 0.717) is 12.1 Å². The van der Waals surface area contributed by atoms with E-state index in [1.165, 1.54) is 0 Å². The SMILES string of the molecule is CSc1cccc(CCC(=O)O)c1N. The number of nitrogen functional groups attached to an aromatic ring is 1. The molecule has 0 atom stereocenters. The fourth-order valence-electron chi connectivity index (χ4n) is 1.23. The van der Waals surface area contributed by atoms with Gasteiger partial charge in [-0.1, -0.05) is 12.1 Å². The quantitative estimate of drug-likeness (QED) is 0.590. The largest absolute Gasteiger partial charge is 0.481 e. The van der Waals surface area contributed by atoms with Crippen molar-refractivity contribution in [2.45, 2.75) is 17.7 Å². The van der Waals surface area contributed by atoms with Gasteiger partial charge in [-0.3, -0.25) is 4.79 Å². The van der Waals surface area contributed by atoms with Crippen LogP contribution in [0.5, 0.6) is 0 Å². The second-order valence-corrected chi connectivity index (χ2v) is 3.77. The predicted molar refractivity (Wildman–Crippen MR) is 58.6 cm³/mol. The van der Waals surface area contributed by atoms with Crippen LogP contribution < -0.4 is 5.73 Å². The Bertz CT molecular complexity index is 339. The van der Waals surface area contributed by atoms with Crippen molar-refractivity contribution in [2.24, 2.45) is 0 Å². The van der Waals surface area contributed by atoms with Crippen molar-refractivity contribution in [1.82, 2.24) is 0 Å². The number of benzene rings is 1. The normalized spacial score (nSPS) is 10.1. The van der Waals surface area contributed by atoms with Crippen LogP contribution in [-0.4, -0.2) is 17.3 Å². The number of nitrogens with two attached hydrogens (primary N) is 1. The molecule has 1 aromatic rings. The highest BCUT2D eigenvalue weighted by Crippen LogP contribution is 2.26. The van der Waals surface area contributed by atoms with E-state index < -0.39 is 5.97 Å². The van der Waals surface area contributed by atoms with Crippen LogP contribution in [0.4, 0.5) is 5.69 Å². The monoisotopic (exact) mass is 211 g/mol. The Hall–Kier alpha value is -1.16. The van der Waals surface area contributed by atoms with E-state index in [4.69, 9.17) is 10.8 Å². The molecular weight excluding hydrogens is 198 g/mol. The Kier molecular flexibility index (Phi) is 3.83. The van der Waals surface area contributed by atoms with Gasteiger partial charge in [0.25, 0.3) is 0 Å². The topological polar surface area (TPSA) is 63.3 Å². The van der Waals surface area contributed by atoms with Gasteiger partial charge in [0.05, 0.1) is 0 Å². The first kappa shape index (κ1) is 10.9. The van der Waals surface area contributed by atoms with Crippen LogP contribution in [0, 0.1) is 0 Å². The van der Waals surface area contributed by atoms with Crippen LogP contribution >= 0.6 is 11.8 Å². The van der Waals surface area contributed by atoms with Crippen molar-refractivity contribution in [3.05, 3.63) is 23.8 Å². The lowest BCUT2D eigenvalue weighted by Crippen LogP contribution is -2.01. The summed E-state index contributed by atoms with van der Waals surface area (Å²) >= 11 is 1.57. The molecule has 0 aromatic heterocycles. The van der Waals surface area contributed by atoms with Crippen molar-refractivity contribution in [1.29, 1.82) is 0 Å². The number of rotatable bonds is 4. The Morgan fingerprint density at radius 2 is 2.29 bits per heavy atom. The Balaban J connectivity index is 2.81. The molecule has 0 fully saturated rings. The smallest absolute Gasteiger partial charge is 0.303 e. The molecule has 0 spiro atoms. The molecule has 3 nitrogen and oxygen atoms in total. The third kappa shape index (κ3) is 2.67. The second-order valence-electron chi connectivity index (χ2n) is 2.93. The van der Waals surface area contributed by atoms with Crippen LogP contribution in [0.25, 0.3) is 0 Å². The first-order chi connectivity index (χ1) is 6.65. The van der Waals surface area contributed by atoms with Crippen molar-refractivity contribution >= 4 is 23.4 Å².